The van der Waals surface area contributed by atoms with Gasteiger partial charge in [0.1, 0.15) is 0 Å². The molecule has 0 aliphatic rings. The summed E-state index contributed by atoms with van der Waals surface area (Å²) in [5, 5.41) is 6.07. The van der Waals surface area contributed by atoms with Crippen molar-refractivity contribution in [2.24, 2.45) is 0 Å². The van der Waals surface area contributed by atoms with Crippen LogP contribution in [0.3, 0.4) is 0 Å². The molecule has 1 amide bonds. The predicted molar refractivity (Wildman–Crippen MR) is 71.8 cm³/mol. The predicted octanol–water partition coefficient (Wildman–Crippen LogP) is 0.765. The average molecular weight is 275 g/mol. The maximum atomic E-state index is 11.3. The van der Waals surface area contributed by atoms with Gasteiger partial charge in [-0.3, -0.25) is 14.7 Å². The van der Waals surface area contributed by atoms with Gasteiger partial charge in [-0.1, -0.05) is 11.2 Å². The third-order valence-corrected chi connectivity index (χ3v) is 2.84. The van der Waals surface area contributed by atoms with Crippen LogP contribution in [0.15, 0.2) is 22.9 Å². The standard InChI is InChI=1S/C13H17N5O2/c1-9-5-4-6-15-10(9)7-18(3)8-11-16-12(17-20-11)13(19)14-2/h4-6H,7-8H2,1-3H3,(H,14,19). The Balaban J connectivity index is 1.98. The van der Waals surface area contributed by atoms with E-state index in [0.29, 0.717) is 19.0 Å². The van der Waals surface area contributed by atoms with Crippen molar-refractivity contribution in [1.82, 2.24) is 25.3 Å². The van der Waals surface area contributed by atoms with Gasteiger partial charge in [-0.15, -0.1) is 0 Å². The molecule has 2 rings (SSSR count). The van der Waals surface area contributed by atoms with Gasteiger partial charge in [-0.2, -0.15) is 4.98 Å². The lowest BCUT2D eigenvalue weighted by molar-refractivity contribution is 0.0950. The maximum absolute atomic E-state index is 11.3. The summed E-state index contributed by atoms with van der Waals surface area (Å²) in [6, 6.07) is 3.93. The van der Waals surface area contributed by atoms with E-state index in [0.717, 1.165) is 11.3 Å². The zero-order valence-electron chi connectivity index (χ0n) is 11.8. The molecule has 0 atom stereocenters. The van der Waals surface area contributed by atoms with Gasteiger partial charge in [-0.05, 0) is 25.6 Å². The highest BCUT2D eigenvalue weighted by atomic mass is 16.5. The van der Waals surface area contributed by atoms with E-state index in [4.69, 9.17) is 4.52 Å². The van der Waals surface area contributed by atoms with Gasteiger partial charge in [0, 0.05) is 19.8 Å². The minimum atomic E-state index is -0.358. The molecular formula is C13H17N5O2. The van der Waals surface area contributed by atoms with Crippen LogP contribution in [0.4, 0.5) is 0 Å². The van der Waals surface area contributed by atoms with Gasteiger partial charge in [0.2, 0.25) is 5.89 Å². The Hall–Kier alpha value is -2.28. The van der Waals surface area contributed by atoms with E-state index >= 15 is 0 Å². The summed E-state index contributed by atoms with van der Waals surface area (Å²) < 4.78 is 5.04. The SMILES string of the molecule is CNC(=O)c1noc(CN(C)Cc2ncccc2C)n1. The molecule has 2 heterocycles. The van der Waals surface area contributed by atoms with Crippen molar-refractivity contribution in [3.05, 3.63) is 41.3 Å². The Kier molecular flexibility index (Phi) is 4.41. The van der Waals surface area contributed by atoms with Crippen LogP contribution in [0.25, 0.3) is 0 Å². The first kappa shape index (κ1) is 14.1. The number of pyridine rings is 1. The van der Waals surface area contributed by atoms with Crippen LogP contribution in [-0.4, -0.2) is 40.0 Å². The Morgan fingerprint density at radius 3 is 2.95 bits per heavy atom. The van der Waals surface area contributed by atoms with E-state index in [1.54, 1.807) is 6.20 Å². The largest absolute Gasteiger partial charge is 0.352 e. The highest BCUT2D eigenvalue weighted by molar-refractivity contribution is 5.89. The molecule has 0 saturated carbocycles. The molecule has 0 bridgehead atoms. The van der Waals surface area contributed by atoms with Crippen LogP contribution in [0, 0.1) is 6.92 Å². The molecule has 0 unspecified atom stereocenters. The van der Waals surface area contributed by atoms with Crippen LogP contribution in [0.2, 0.25) is 0 Å². The molecular weight excluding hydrogens is 258 g/mol. The van der Waals surface area contributed by atoms with Crippen LogP contribution in [0.1, 0.15) is 27.8 Å². The third kappa shape index (κ3) is 3.39. The fraction of sp³-hybridized carbons (Fsp3) is 0.385. The maximum Gasteiger partial charge on any atom is 0.292 e. The summed E-state index contributed by atoms with van der Waals surface area (Å²) in [5.41, 5.74) is 2.14. The Morgan fingerprint density at radius 2 is 2.25 bits per heavy atom. The lowest BCUT2D eigenvalue weighted by Gasteiger charge is -2.14. The molecule has 106 valence electrons. The average Bonchev–Trinajstić information content (AvgIpc) is 2.89. The van der Waals surface area contributed by atoms with E-state index in [1.807, 2.05) is 31.0 Å². The Morgan fingerprint density at radius 1 is 1.45 bits per heavy atom. The molecule has 2 aromatic heterocycles. The monoisotopic (exact) mass is 275 g/mol. The fourth-order valence-electron chi connectivity index (χ4n) is 1.75. The molecule has 0 aromatic carbocycles. The summed E-state index contributed by atoms with van der Waals surface area (Å²) in [5.74, 6) is 0.0906. The van der Waals surface area contributed by atoms with Gasteiger partial charge < -0.3 is 9.84 Å². The molecule has 0 fully saturated rings. The zero-order chi connectivity index (χ0) is 14.5. The molecule has 0 spiro atoms. The van der Waals surface area contributed by atoms with E-state index in [9.17, 15) is 4.79 Å². The van der Waals surface area contributed by atoms with Gasteiger partial charge in [0.15, 0.2) is 0 Å². The summed E-state index contributed by atoms with van der Waals surface area (Å²) in [7, 11) is 3.45. The van der Waals surface area contributed by atoms with Crippen LogP contribution < -0.4 is 5.32 Å². The van der Waals surface area contributed by atoms with Crippen molar-refractivity contribution in [2.75, 3.05) is 14.1 Å². The Labute approximate surface area is 117 Å². The van der Waals surface area contributed by atoms with Crippen molar-refractivity contribution < 1.29 is 9.32 Å². The summed E-state index contributed by atoms with van der Waals surface area (Å²) in [6.07, 6.45) is 1.77. The van der Waals surface area contributed by atoms with E-state index in [1.165, 1.54) is 7.05 Å². The van der Waals surface area contributed by atoms with Crippen molar-refractivity contribution in [3.63, 3.8) is 0 Å². The lowest BCUT2D eigenvalue weighted by atomic mass is 10.2. The first-order valence-electron chi connectivity index (χ1n) is 6.24. The Bertz CT molecular complexity index is 596. The lowest BCUT2D eigenvalue weighted by Crippen LogP contribution is -2.20. The number of carbonyl (C=O) groups is 1. The molecule has 0 radical (unpaired) electrons. The number of amides is 1. The van der Waals surface area contributed by atoms with Crippen molar-refractivity contribution in [1.29, 1.82) is 0 Å². The van der Waals surface area contributed by atoms with Crippen molar-refractivity contribution >= 4 is 5.91 Å². The minimum absolute atomic E-state index is 0.0462. The number of hydrogen-bond acceptors (Lipinski definition) is 6. The second-order valence-corrected chi connectivity index (χ2v) is 4.53. The summed E-state index contributed by atoms with van der Waals surface area (Å²) in [4.78, 5) is 21.7. The van der Waals surface area contributed by atoms with Crippen LogP contribution >= 0.6 is 0 Å². The number of rotatable bonds is 5. The smallest absolute Gasteiger partial charge is 0.292 e. The number of carbonyl (C=O) groups excluding carboxylic acids is 1. The molecule has 0 saturated heterocycles. The normalized spacial score (nSPS) is 10.8. The van der Waals surface area contributed by atoms with Gasteiger partial charge in [-0.25, -0.2) is 0 Å². The third-order valence-electron chi connectivity index (χ3n) is 2.84. The highest BCUT2D eigenvalue weighted by Crippen LogP contribution is 2.08. The van der Waals surface area contributed by atoms with Crippen molar-refractivity contribution in [3.8, 4) is 0 Å². The highest BCUT2D eigenvalue weighted by Gasteiger charge is 2.14. The number of nitrogens with one attached hydrogen (secondary N) is 1. The van der Waals surface area contributed by atoms with E-state index in [-0.39, 0.29) is 11.7 Å². The quantitative estimate of drug-likeness (QED) is 0.867. The van der Waals surface area contributed by atoms with Gasteiger partial charge in [0.25, 0.3) is 11.7 Å². The molecule has 0 aliphatic heterocycles. The summed E-state index contributed by atoms with van der Waals surface area (Å²) >= 11 is 0. The van der Waals surface area contributed by atoms with E-state index in [2.05, 4.69) is 20.4 Å². The van der Waals surface area contributed by atoms with E-state index < -0.39 is 0 Å². The topological polar surface area (TPSA) is 84.2 Å². The number of aryl methyl sites for hydroxylation is 1. The fourth-order valence-corrected chi connectivity index (χ4v) is 1.75. The minimum Gasteiger partial charge on any atom is -0.352 e. The molecule has 7 nitrogen and oxygen atoms in total. The number of hydrogen-bond donors (Lipinski definition) is 1. The van der Waals surface area contributed by atoms with Crippen LogP contribution in [0.5, 0.6) is 0 Å². The molecule has 7 heteroatoms. The number of nitrogens with zero attached hydrogens (tertiary/aromatic N) is 4. The summed E-state index contributed by atoms with van der Waals surface area (Å²) in [6.45, 7) is 3.15. The zero-order valence-corrected chi connectivity index (χ0v) is 11.8. The second-order valence-electron chi connectivity index (χ2n) is 4.53. The number of aromatic nitrogens is 3. The van der Waals surface area contributed by atoms with Crippen molar-refractivity contribution in [2.45, 2.75) is 20.0 Å². The molecule has 0 aliphatic carbocycles. The van der Waals surface area contributed by atoms with Gasteiger partial charge >= 0.3 is 0 Å². The molecule has 20 heavy (non-hydrogen) atoms. The first-order chi connectivity index (χ1) is 9.60. The first-order valence-corrected chi connectivity index (χ1v) is 6.24. The second kappa shape index (κ2) is 6.25. The molecule has 1 N–H and O–H groups in total. The van der Waals surface area contributed by atoms with Gasteiger partial charge in [0.05, 0.1) is 12.2 Å². The molecule has 2 aromatic rings. The van der Waals surface area contributed by atoms with Crippen LogP contribution in [-0.2, 0) is 13.1 Å².